The quantitative estimate of drug-likeness (QED) is 0.480. The molecule has 1 aliphatic heterocycles. The highest BCUT2D eigenvalue weighted by Gasteiger charge is 2.41. The summed E-state index contributed by atoms with van der Waals surface area (Å²) in [6, 6.07) is 23.7. The molecule has 2 atom stereocenters. The molecule has 6 nitrogen and oxygen atoms in total. The van der Waals surface area contributed by atoms with Crippen LogP contribution in [0.25, 0.3) is 0 Å². The maximum absolute atomic E-state index is 12.3. The smallest absolute Gasteiger partial charge is 0.411 e. The van der Waals surface area contributed by atoms with Crippen molar-refractivity contribution in [2.75, 3.05) is 25.6 Å². The minimum absolute atomic E-state index is 0.0807. The van der Waals surface area contributed by atoms with E-state index in [1.165, 1.54) is 16.7 Å². The molecule has 2 aliphatic rings. The molecular formula is C27H26ClN3O3. The van der Waals surface area contributed by atoms with Crippen LogP contribution < -0.4 is 10.1 Å². The normalized spacial score (nSPS) is 18.5. The number of anilines is 1. The summed E-state index contributed by atoms with van der Waals surface area (Å²) < 4.78 is 10.8. The maximum Gasteiger partial charge on any atom is 0.411 e. The van der Waals surface area contributed by atoms with Crippen LogP contribution in [0.5, 0.6) is 5.75 Å². The van der Waals surface area contributed by atoms with E-state index in [0.717, 1.165) is 24.3 Å². The molecule has 0 fully saturated rings. The number of ether oxygens (including phenoxy) is 2. The average Bonchev–Trinajstić information content (AvgIpc) is 3.24. The molecule has 0 unspecified atom stereocenters. The van der Waals surface area contributed by atoms with Crippen LogP contribution in [0, 0.1) is 5.92 Å². The van der Waals surface area contributed by atoms with E-state index in [1.807, 2.05) is 12.1 Å². The van der Waals surface area contributed by atoms with Crippen LogP contribution >= 0.6 is 11.6 Å². The van der Waals surface area contributed by atoms with E-state index < -0.39 is 6.09 Å². The van der Waals surface area contributed by atoms with Gasteiger partial charge in [-0.05, 0) is 60.4 Å². The molecule has 7 heteroatoms. The van der Waals surface area contributed by atoms with Crippen molar-refractivity contribution in [3.05, 3.63) is 94.5 Å². The number of halogens is 1. The van der Waals surface area contributed by atoms with Crippen LogP contribution in [0.15, 0.2) is 77.9 Å². The molecule has 174 valence electrons. The van der Waals surface area contributed by atoms with Crippen LogP contribution in [0.2, 0.25) is 5.02 Å². The number of rotatable bonds is 6. The fourth-order valence-electron chi connectivity index (χ4n) is 4.79. The van der Waals surface area contributed by atoms with Gasteiger partial charge in [0.05, 0.1) is 25.4 Å². The summed E-state index contributed by atoms with van der Waals surface area (Å²) >= 11 is 5.90. The molecule has 0 aromatic heterocycles. The van der Waals surface area contributed by atoms with E-state index in [0.29, 0.717) is 17.3 Å². The van der Waals surface area contributed by atoms with E-state index in [2.05, 4.69) is 46.7 Å². The lowest BCUT2D eigenvalue weighted by molar-refractivity contribution is 0.121. The first kappa shape index (κ1) is 22.3. The van der Waals surface area contributed by atoms with Crippen molar-refractivity contribution in [3.63, 3.8) is 0 Å². The maximum atomic E-state index is 12.3. The molecule has 3 aromatic rings. The zero-order valence-corrected chi connectivity index (χ0v) is 19.7. The van der Waals surface area contributed by atoms with Crippen molar-refractivity contribution in [1.82, 2.24) is 5.01 Å². The zero-order valence-electron chi connectivity index (χ0n) is 18.9. The minimum atomic E-state index is -0.502. The molecule has 5 rings (SSSR count). The first-order valence-corrected chi connectivity index (χ1v) is 11.8. The molecule has 1 aliphatic carbocycles. The van der Waals surface area contributed by atoms with Gasteiger partial charge in [0.1, 0.15) is 12.4 Å². The first-order valence-electron chi connectivity index (χ1n) is 11.4. The van der Waals surface area contributed by atoms with Crippen molar-refractivity contribution in [1.29, 1.82) is 0 Å². The Hall–Kier alpha value is -3.51. The van der Waals surface area contributed by atoms with Gasteiger partial charge in [-0.3, -0.25) is 10.3 Å². The summed E-state index contributed by atoms with van der Waals surface area (Å²) in [5, 5.41) is 10.4. The number of methoxy groups -OCH3 is 1. The van der Waals surface area contributed by atoms with Gasteiger partial charge in [0, 0.05) is 22.2 Å². The lowest BCUT2D eigenvalue weighted by Gasteiger charge is -2.30. The second-order valence-corrected chi connectivity index (χ2v) is 8.87. The number of hydrogen-bond acceptors (Lipinski definition) is 5. The van der Waals surface area contributed by atoms with E-state index >= 15 is 0 Å². The number of fused-ring (bicyclic) bond motifs is 3. The summed E-state index contributed by atoms with van der Waals surface area (Å²) in [5.41, 5.74) is 5.49. The number of hydrogen-bond donors (Lipinski definition) is 1. The SMILES string of the molecule is COc1ccc([C@@H]2[C@@H]3CCc4ccccc4C3=NN2CCOC(=O)Nc2ccc(Cl)cc2)cc1. The Morgan fingerprint density at radius 3 is 2.62 bits per heavy atom. The fraction of sp³-hybridized carbons (Fsp3) is 0.259. The molecule has 1 amide bonds. The lowest BCUT2D eigenvalue weighted by Crippen LogP contribution is -2.31. The molecule has 3 aromatic carbocycles. The van der Waals surface area contributed by atoms with Gasteiger partial charge in [-0.2, -0.15) is 5.10 Å². The zero-order chi connectivity index (χ0) is 23.5. The largest absolute Gasteiger partial charge is 0.497 e. The van der Waals surface area contributed by atoms with Crippen LogP contribution in [0.1, 0.15) is 29.2 Å². The number of nitrogens with zero attached hydrogens (tertiary/aromatic N) is 2. The van der Waals surface area contributed by atoms with Crippen molar-refractivity contribution < 1.29 is 14.3 Å². The predicted molar refractivity (Wildman–Crippen MR) is 134 cm³/mol. The summed E-state index contributed by atoms with van der Waals surface area (Å²) in [4.78, 5) is 12.3. The van der Waals surface area contributed by atoms with Crippen LogP contribution in [0.4, 0.5) is 10.5 Å². The highest BCUT2D eigenvalue weighted by Crippen LogP contribution is 2.43. The predicted octanol–water partition coefficient (Wildman–Crippen LogP) is 5.92. The van der Waals surface area contributed by atoms with Gasteiger partial charge in [-0.1, -0.05) is 48.0 Å². The number of hydrazone groups is 1. The van der Waals surface area contributed by atoms with Crippen molar-refractivity contribution >= 4 is 29.1 Å². The Morgan fingerprint density at radius 2 is 1.85 bits per heavy atom. The number of aryl methyl sites for hydroxylation is 1. The van der Waals surface area contributed by atoms with Gasteiger partial charge in [0.25, 0.3) is 0 Å². The standard InChI is InChI=1S/C27H26ClN3O3/c1-33-22-13-6-19(7-14-22)26-24-15-8-18-4-2-3-5-23(18)25(24)30-31(26)16-17-34-27(32)29-21-11-9-20(28)10-12-21/h2-7,9-14,24,26H,8,15-17H2,1H3,(H,29,32)/t24-,26-/m1/s1. The minimum Gasteiger partial charge on any atom is -0.497 e. The summed E-state index contributed by atoms with van der Waals surface area (Å²) in [6.45, 7) is 0.712. The summed E-state index contributed by atoms with van der Waals surface area (Å²) in [5.74, 6) is 1.11. The molecular weight excluding hydrogens is 450 g/mol. The third kappa shape index (κ3) is 4.59. The molecule has 0 saturated heterocycles. The Balaban J connectivity index is 1.32. The number of benzene rings is 3. The molecule has 1 heterocycles. The highest BCUT2D eigenvalue weighted by molar-refractivity contribution is 6.30. The number of amides is 1. The number of carbonyl (C=O) groups is 1. The number of nitrogens with one attached hydrogen (secondary N) is 1. The second kappa shape index (κ2) is 9.77. The van der Waals surface area contributed by atoms with Gasteiger partial charge in [0.2, 0.25) is 0 Å². The van der Waals surface area contributed by atoms with Gasteiger partial charge in [-0.25, -0.2) is 4.79 Å². The Morgan fingerprint density at radius 1 is 1.09 bits per heavy atom. The Labute approximate surface area is 204 Å². The van der Waals surface area contributed by atoms with Gasteiger partial charge in [-0.15, -0.1) is 0 Å². The first-order chi connectivity index (χ1) is 16.6. The second-order valence-electron chi connectivity index (χ2n) is 8.44. The average molecular weight is 476 g/mol. The van der Waals surface area contributed by atoms with Crippen molar-refractivity contribution in [3.8, 4) is 5.75 Å². The lowest BCUT2D eigenvalue weighted by atomic mass is 9.77. The van der Waals surface area contributed by atoms with Crippen molar-refractivity contribution in [2.45, 2.75) is 18.9 Å². The molecule has 34 heavy (non-hydrogen) atoms. The van der Waals surface area contributed by atoms with E-state index in [9.17, 15) is 4.79 Å². The monoisotopic (exact) mass is 475 g/mol. The molecule has 0 saturated carbocycles. The third-order valence-electron chi connectivity index (χ3n) is 6.41. The van der Waals surface area contributed by atoms with Crippen LogP contribution in [0.3, 0.4) is 0 Å². The highest BCUT2D eigenvalue weighted by atomic mass is 35.5. The van der Waals surface area contributed by atoms with Gasteiger partial charge >= 0.3 is 6.09 Å². The third-order valence-corrected chi connectivity index (χ3v) is 6.66. The van der Waals surface area contributed by atoms with E-state index in [-0.39, 0.29) is 18.6 Å². The van der Waals surface area contributed by atoms with Gasteiger partial charge in [0.15, 0.2) is 0 Å². The summed E-state index contributed by atoms with van der Waals surface area (Å²) in [7, 11) is 1.67. The Bertz CT molecular complexity index is 1190. The Kier molecular flexibility index (Phi) is 6.41. The molecule has 0 spiro atoms. The van der Waals surface area contributed by atoms with Crippen molar-refractivity contribution in [2.24, 2.45) is 11.0 Å². The molecule has 0 bridgehead atoms. The van der Waals surface area contributed by atoms with E-state index in [4.69, 9.17) is 26.2 Å². The van der Waals surface area contributed by atoms with Crippen LogP contribution in [-0.4, -0.2) is 37.1 Å². The number of carbonyl (C=O) groups excluding carboxylic acids is 1. The summed E-state index contributed by atoms with van der Waals surface area (Å²) in [6.07, 6.45) is 1.55. The molecule has 0 radical (unpaired) electrons. The topological polar surface area (TPSA) is 63.2 Å². The molecule has 1 N–H and O–H groups in total. The fourth-order valence-corrected chi connectivity index (χ4v) is 4.92. The van der Waals surface area contributed by atoms with Gasteiger partial charge < -0.3 is 9.47 Å². The van der Waals surface area contributed by atoms with E-state index in [1.54, 1.807) is 31.4 Å². The van der Waals surface area contributed by atoms with Crippen LogP contribution in [-0.2, 0) is 11.2 Å².